The lowest BCUT2D eigenvalue weighted by atomic mass is 10.2. The van der Waals surface area contributed by atoms with E-state index < -0.39 is 45.5 Å². The summed E-state index contributed by atoms with van der Waals surface area (Å²) in [5.41, 5.74) is -0.519. The van der Waals surface area contributed by atoms with Crippen molar-refractivity contribution in [3.05, 3.63) is 35.6 Å². The Balaban J connectivity index is 2.93. The number of esters is 1. The molecule has 0 aliphatic carbocycles. The molecule has 0 aliphatic heterocycles. The predicted molar refractivity (Wildman–Crippen MR) is 58.1 cm³/mol. The van der Waals surface area contributed by atoms with Crippen LogP contribution in [-0.4, -0.2) is 37.0 Å². The summed E-state index contributed by atoms with van der Waals surface area (Å²) in [7, 11) is -5.01. The number of alkyl halides is 3. The summed E-state index contributed by atoms with van der Waals surface area (Å²) in [4.78, 5) is 11.4. The van der Waals surface area contributed by atoms with Crippen LogP contribution >= 0.6 is 0 Å². The first-order valence-electron chi connectivity index (χ1n) is 4.97. The van der Waals surface area contributed by atoms with Gasteiger partial charge in [-0.25, -0.2) is 9.18 Å². The van der Waals surface area contributed by atoms with Crippen LogP contribution in [-0.2, 0) is 14.9 Å². The van der Waals surface area contributed by atoms with E-state index in [4.69, 9.17) is 4.55 Å². The fourth-order valence-corrected chi connectivity index (χ4v) is 1.84. The minimum Gasteiger partial charge on any atom is -0.448 e. The van der Waals surface area contributed by atoms with E-state index in [0.717, 1.165) is 18.2 Å². The summed E-state index contributed by atoms with van der Waals surface area (Å²) < 4.78 is 83.5. The summed E-state index contributed by atoms with van der Waals surface area (Å²) >= 11 is 0. The van der Waals surface area contributed by atoms with Crippen LogP contribution in [0.2, 0.25) is 0 Å². The summed E-state index contributed by atoms with van der Waals surface area (Å²) in [6.07, 6.45) is -8.24. The van der Waals surface area contributed by atoms with Gasteiger partial charge in [-0.1, -0.05) is 6.07 Å². The van der Waals surface area contributed by atoms with Crippen molar-refractivity contribution in [1.82, 2.24) is 0 Å². The second kappa shape index (κ2) is 5.75. The molecule has 5 nitrogen and oxygen atoms in total. The summed E-state index contributed by atoms with van der Waals surface area (Å²) in [6, 6.07) is 3.64. The molecule has 1 N–H and O–H groups in total. The quantitative estimate of drug-likeness (QED) is 0.520. The Kier molecular flexibility index (Phi) is 4.71. The zero-order chi connectivity index (χ0) is 15.6. The van der Waals surface area contributed by atoms with E-state index in [9.17, 15) is 30.8 Å². The molecule has 20 heavy (non-hydrogen) atoms. The fourth-order valence-electron chi connectivity index (χ4n) is 1.20. The lowest BCUT2D eigenvalue weighted by Gasteiger charge is -2.19. The van der Waals surface area contributed by atoms with E-state index in [-0.39, 0.29) is 0 Å². The average molecular weight is 316 g/mol. The molecule has 0 heterocycles. The number of ether oxygens (including phenoxy) is 1. The lowest BCUT2D eigenvalue weighted by molar-refractivity contribution is -0.197. The third-order valence-electron chi connectivity index (χ3n) is 2.04. The Morgan fingerprint density at radius 2 is 1.95 bits per heavy atom. The predicted octanol–water partition coefficient (Wildman–Crippen LogP) is 1.80. The number of carbonyl (C=O) groups is 1. The number of carbonyl (C=O) groups excluding carboxylic acids is 1. The number of benzene rings is 1. The highest BCUT2D eigenvalue weighted by molar-refractivity contribution is 7.85. The molecule has 0 aromatic heterocycles. The first kappa shape index (κ1) is 16.4. The Bertz CT molecular complexity index is 596. The molecule has 0 spiro atoms. The highest BCUT2D eigenvalue weighted by Gasteiger charge is 2.45. The molecule has 1 unspecified atom stereocenters. The van der Waals surface area contributed by atoms with Gasteiger partial charge >= 0.3 is 12.1 Å². The van der Waals surface area contributed by atoms with E-state index in [1.807, 2.05) is 0 Å². The topological polar surface area (TPSA) is 80.7 Å². The Morgan fingerprint density at radius 3 is 2.40 bits per heavy atom. The van der Waals surface area contributed by atoms with Gasteiger partial charge in [-0.15, -0.1) is 0 Å². The number of halogens is 4. The maximum absolute atomic E-state index is 12.8. The van der Waals surface area contributed by atoms with Crippen molar-refractivity contribution in [3.8, 4) is 0 Å². The van der Waals surface area contributed by atoms with Gasteiger partial charge in [-0.05, 0) is 18.2 Å². The second-order valence-electron chi connectivity index (χ2n) is 3.69. The first-order chi connectivity index (χ1) is 8.99. The van der Waals surface area contributed by atoms with Gasteiger partial charge in [0.15, 0.2) is 0 Å². The summed E-state index contributed by atoms with van der Waals surface area (Å²) in [6.45, 7) is 0. The van der Waals surface area contributed by atoms with E-state index in [1.165, 1.54) is 0 Å². The molecule has 0 amide bonds. The van der Waals surface area contributed by atoms with E-state index >= 15 is 0 Å². The van der Waals surface area contributed by atoms with E-state index in [1.54, 1.807) is 0 Å². The van der Waals surface area contributed by atoms with Gasteiger partial charge in [0, 0.05) is 0 Å². The molecule has 0 bridgehead atoms. The Morgan fingerprint density at radius 1 is 1.35 bits per heavy atom. The number of hydrogen-bond donors (Lipinski definition) is 1. The number of hydrogen-bond acceptors (Lipinski definition) is 4. The minimum atomic E-state index is -5.20. The highest BCUT2D eigenvalue weighted by atomic mass is 32.2. The van der Waals surface area contributed by atoms with E-state index in [0.29, 0.717) is 6.07 Å². The normalized spacial score (nSPS) is 13.8. The van der Waals surface area contributed by atoms with Crippen molar-refractivity contribution < 1.29 is 40.1 Å². The fraction of sp³-hybridized carbons (Fsp3) is 0.300. The molecule has 0 radical (unpaired) electrons. The van der Waals surface area contributed by atoms with Crippen LogP contribution in [0, 0.1) is 5.82 Å². The van der Waals surface area contributed by atoms with Gasteiger partial charge in [0.2, 0.25) is 6.10 Å². The van der Waals surface area contributed by atoms with Crippen LogP contribution in [0.25, 0.3) is 0 Å². The van der Waals surface area contributed by atoms with Crippen molar-refractivity contribution in [2.45, 2.75) is 12.3 Å². The summed E-state index contributed by atoms with van der Waals surface area (Å²) in [5, 5.41) is 0. The highest BCUT2D eigenvalue weighted by Crippen LogP contribution is 2.25. The van der Waals surface area contributed by atoms with Crippen LogP contribution in [0.1, 0.15) is 10.4 Å². The lowest BCUT2D eigenvalue weighted by Crippen LogP contribution is -2.39. The SMILES string of the molecule is O=C(OC(CS(=O)(=O)O)C(F)(F)F)c1cccc(F)c1. The van der Waals surface area contributed by atoms with Crippen molar-refractivity contribution in [2.75, 3.05) is 5.75 Å². The molecule has 112 valence electrons. The van der Waals surface area contributed by atoms with Gasteiger partial charge in [0.05, 0.1) is 5.56 Å². The molecular formula is C10H8F4O5S. The maximum Gasteiger partial charge on any atom is 0.426 e. The van der Waals surface area contributed by atoms with Gasteiger partial charge in [0.25, 0.3) is 10.1 Å². The minimum absolute atomic E-state index is 0.519. The molecule has 10 heteroatoms. The second-order valence-corrected chi connectivity index (χ2v) is 5.19. The Hall–Kier alpha value is -1.68. The standard InChI is InChI=1S/C10H8F4O5S/c11-7-3-1-2-6(4-7)9(15)19-8(10(12,13)14)5-20(16,17)18/h1-4,8H,5H2,(H,16,17,18). The molecule has 0 aliphatic rings. The smallest absolute Gasteiger partial charge is 0.426 e. The van der Waals surface area contributed by atoms with Crippen LogP contribution in [0.3, 0.4) is 0 Å². The zero-order valence-corrected chi connectivity index (χ0v) is 10.4. The molecule has 1 aromatic rings. The van der Waals surface area contributed by atoms with Gasteiger partial charge in [-0.2, -0.15) is 21.6 Å². The van der Waals surface area contributed by atoms with Crippen LogP contribution in [0.5, 0.6) is 0 Å². The Labute approximate surface area is 110 Å². The average Bonchev–Trinajstić information content (AvgIpc) is 2.25. The molecule has 0 saturated heterocycles. The van der Waals surface area contributed by atoms with Crippen molar-refractivity contribution in [1.29, 1.82) is 0 Å². The van der Waals surface area contributed by atoms with Gasteiger partial charge < -0.3 is 4.74 Å². The molecule has 1 aromatic carbocycles. The van der Waals surface area contributed by atoms with Crippen LogP contribution in [0.15, 0.2) is 24.3 Å². The first-order valence-corrected chi connectivity index (χ1v) is 6.58. The molecule has 1 atom stereocenters. The van der Waals surface area contributed by atoms with E-state index in [2.05, 4.69) is 4.74 Å². The van der Waals surface area contributed by atoms with Gasteiger partial charge in [0.1, 0.15) is 11.6 Å². The number of rotatable bonds is 4. The molecule has 0 saturated carbocycles. The zero-order valence-electron chi connectivity index (χ0n) is 9.59. The van der Waals surface area contributed by atoms with Crippen LogP contribution in [0.4, 0.5) is 17.6 Å². The third-order valence-corrected chi connectivity index (χ3v) is 2.76. The third kappa shape index (κ3) is 5.13. The monoisotopic (exact) mass is 316 g/mol. The van der Waals surface area contributed by atoms with Crippen molar-refractivity contribution >= 4 is 16.1 Å². The largest absolute Gasteiger partial charge is 0.448 e. The summed E-state index contributed by atoms with van der Waals surface area (Å²) in [5.74, 6) is -4.27. The van der Waals surface area contributed by atoms with Crippen LogP contribution < -0.4 is 0 Å². The van der Waals surface area contributed by atoms with Gasteiger partial charge in [-0.3, -0.25) is 4.55 Å². The maximum atomic E-state index is 12.8. The molecule has 1 rings (SSSR count). The molecule has 0 fully saturated rings. The van der Waals surface area contributed by atoms with Crippen molar-refractivity contribution in [2.24, 2.45) is 0 Å². The molecular weight excluding hydrogens is 308 g/mol. The van der Waals surface area contributed by atoms with Crippen molar-refractivity contribution in [3.63, 3.8) is 0 Å².